The standard InChI is InChI=1S/C26H30N4O2.C7H8O3S/c1-19-8-10-20(11-9-19)12-13-24-27-25(32-28-24)14-15-26(31)30-18-21(17-29(2)3)16-22-6-4-5-7-23(22)30;1-6-2-4-7(5-3-6)11(8,9)10/h4-13,21H,14-18H2,1-3H3;2-5H,1H3,(H,8,9,10)/b13-12+;. The number of hydrogen-bond donors (Lipinski definition) is 1. The molecule has 226 valence electrons. The molecule has 0 fully saturated rings. The summed E-state index contributed by atoms with van der Waals surface area (Å²) in [6, 6.07) is 22.4. The molecular formula is C33H38N4O5S. The Morgan fingerprint density at radius 2 is 1.65 bits per heavy atom. The summed E-state index contributed by atoms with van der Waals surface area (Å²) in [6.45, 7) is 5.60. The van der Waals surface area contributed by atoms with Crippen molar-refractivity contribution in [3.05, 3.63) is 107 Å². The molecule has 9 nitrogen and oxygen atoms in total. The van der Waals surface area contributed by atoms with E-state index in [1.54, 1.807) is 12.1 Å². The molecule has 2 heterocycles. The maximum absolute atomic E-state index is 13.1. The van der Waals surface area contributed by atoms with Crippen molar-refractivity contribution in [2.24, 2.45) is 5.92 Å². The average Bonchev–Trinajstić information content (AvgIpc) is 3.43. The van der Waals surface area contributed by atoms with Gasteiger partial charge in [-0.2, -0.15) is 13.4 Å². The van der Waals surface area contributed by atoms with Crippen LogP contribution in [0.25, 0.3) is 12.2 Å². The van der Waals surface area contributed by atoms with Gasteiger partial charge >= 0.3 is 0 Å². The van der Waals surface area contributed by atoms with Crippen molar-refractivity contribution in [1.82, 2.24) is 15.0 Å². The number of rotatable bonds is 8. The van der Waals surface area contributed by atoms with E-state index in [0.29, 0.717) is 30.5 Å². The molecule has 3 aromatic carbocycles. The number of anilines is 1. The second-order valence-corrected chi connectivity index (χ2v) is 12.5. The van der Waals surface area contributed by atoms with Gasteiger partial charge in [0.25, 0.3) is 10.1 Å². The van der Waals surface area contributed by atoms with E-state index >= 15 is 0 Å². The summed E-state index contributed by atoms with van der Waals surface area (Å²) in [5.74, 6) is 1.51. The van der Waals surface area contributed by atoms with E-state index in [1.807, 2.05) is 54.3 Å². The lowest BCUT2D eigenvalue weighted by atomic mass is 9.91. The Morgan fingerprint density at radius 1 is 1.00 bits per heavy atom. The second kappa shape index (κ2) is 14.4. The topological polar surface area (TPSA) is 117 Å². The van der Waals surface area contributed by atoms with Crippen LogP contribution in [0, 0.1) is 19.8 Å². The van der Waals surface area contributed by atoms with Gasteiger partial charge < -0.3 is 14.3 Å². The number of benzene rings is 3. The van der Waals surface area contributed by atoms with Gasteiger partial charge in [0.1, 0.15) is 0 Å². The van der Waals surface area contributed by atoms with Crippen LogP contribution in [0.4, 0.5) is 5.69 Å². The lowest BCUT2D eigenvalue weighted by Gasteiger charge is -2.35. The summed E-state index contributed by atoms with van der Waals surface area (Å²) in [4.78, 5) is 21.6. The number of carbonyl (C=O) groups is 1. The highest BCUT2D eigenvalue weighted by atomic mass is 32.2. The first-order valence-electron chi connectivity index (χ1n) is 14.1. The van der Waals surface area contributed by atoms with Crippen LogP contribution in [0.1, 0.15) is 40.4 Å². The summed E-state index contributed by atoms with van der Waals surface area (Å²) in [5, 5.41) is 4.02. The molecule has 1 amide bonds. The van der Waals surface area contributed by atoms with Gasteiger partial charge in [0, 0.05) is 31.6 Å². The molecule has 1 atom stereocenters. The zero-order valence-corrected chi connectivity index (χ0v) is 25.8. The van der Waals surface area contributed by atoms with Crippen LogP contribution in [-0.2, 0) is 27.8 Å². The molecule has 0 aliphatic carbocycles. The Labute approximate surface area is 253 Å². The molecular weight excluding hydrogens is 564 g/mol. The van der Waals surface area contributed by atoms with E-state index in [2.05, 4.69) is 54.3 Å². The zero-order chi connectivity index (χ0) is 31.0. The molecule has 4 aromatic rings. The largest absolute Gasteiger partial charge is 0.339 e. The van der Waals surface area contributed by atoms with E-state index in [4.69, 9.17) is 9.08 Å². The summed E-state index contributed by atoms with van der Waals surface area (Å²) >= 11 is 0. The Kier molecular flexibility index (Phi) is 10.6. The summed E-state index contributed by atoms with van der Waals surface area (Å²) in [5.41, 5.74) is 5.52. The predicted molar refractivity (Wildman–Crippen MR) is 168 cm³/mol. The molecule has 1 aliphatic rings. The molecule has 1 unspecified atom stereocenters. The van der Waals surface area contributed by atoms with Crippen molar-refractivity contribution in [3.8, 4) is 0 Å². The van der Waals surface area contributed by atoms with E-state index < -0.39 is 10.1 Å². The smallest absolute Gasteiger partial charge is 0.294 e. The molecule has 10 heteroatoms. The zero-order valence-electron chi connectivity index (χ0n) is 25.0. The maximum atomic E-state index is 13.1. The fourth-order valence-electron chi connectivity index (χ4n) is 4.90. The number of aryl methyl sites for hydroxylation is 3. The fraction of sp³-hybridized carbons (Fsp3) is 0.303. The van der Waals surface area contributed by atoms with Crippen molar-refractivity contribution in [3.63, 3.8) is 0 Å². The third kappa shape index (κ3) is 9.44. The lowest BCUT2D eigenvalue weighted by Crippen LogP contribution is -2.43. The van der Waals surface area contributed by atoms with Crippen LogP contribution in [-0.4, -0.2) is 61.1 Å². The monoisotopic (exact) mass is 602 g/mol. The minimum Gasteiger partial charge on any atom is -0.339 e. The maximum Gasteiger partial charge on any atom is 0.294 e. The Bertz CT molecular complexity index is 1650. The molecule has 0 spiro atoms. The molecule has 0 bridgehead atoms. The number of para-hydroxylation sites is 1. The van der Waals surface area contributed by atoms with Gasteiger partial charge in [0.05, 0.1) is 4.90 Å². The number of fused-ring (bicyclic) bond motifs is 1. The molecule has 0 radical (unpaired) electrons. The highest BCUT2D eigenvalue weighted by Crippen LogP contribution is 2.30. The molecule has 5 rings (SSSR count). The number of amides is 1. The van der Waals surface area contributed by atoms with Crippen LogP contribution in [0.3, 0.4) is 0 Å². The second-order valence-electron chi connectivity index (χ2n) is 11.0. The summed E-state index contributed by atoms with van der Waals surface area (Å²) < 4.78 is 34.9. The van der Waals surface area contributed by atoms with Crippen LogP contribution in [0.15, 0.2) is 82.2 Å². The highest BCUT2D eigenvalue weighted by Gasteiger charge is 2.28. The van der Waals surface area contributed by atoms with Crippen molar-refractivity contribution >= 4 is 33.9 Å². The lowest BCUT2D eigenvalue weighted by molar-refractivity contribution is -0.118. The fourth-order valence-corrected chi connectivity index (χ4v) is 5.38. The van der Waals surface area contributed by atoms with Gasteiger partial charge in [-0.1, -0.05) is 77.0 Å². The SMILES string of the molecule is Cc1ccc(/C=C/c2noc(CCC(=O)N3CC(CN(C)C)Cc4ccccc43)n2)cc1.Cc1ccc(S(=O)(=O)O)cc1. The summed E-state index contributed by atoms with van der Waals surface area (Å²) in [6.07, 6.45) is 5.55. The Hall–Kier alpha value is -4.12. The van der Waals surface area contributed by atoms with Gasteiger partial charge in [-0.05, 0) is 75.7 Å². The minimum atomic E-state index is -4.02. The van der Waals surface area contributed by atoms with Gasteiger partial charge in [-0.3, -0.25) is 9.35 Å². The first-order valence-corrected chi connectivity index (χ1v) is 15.6. The number of carbonyl (C=O) groups excluding carboxylic acids is 1. The number of nitrogens with zero attached hydrogens (tertiary/aromatic N) is 4. The normalized spacial score (nSPS) is 14.8. The van der Waals surface area contributed by atoms with Crippen LogP contribution in [0.2, 0.25) is 0 Å². The molecule has 0 saturated carbocycles. The third-order valence-electron chi connectivity index (χ3n) is 7.01. The van der Waals surface area contributed by atoms with E-state index in [-0.39, 0.29) is 10.8 Å². The van der Waals surface area contributed by atoms with Crippen LogP contribution >= 0.6 is 0 Å². The first kappa shape index (κ1) is 31.8. The molecule has 1 aliphatic heterocycles. The van der Waals surface area contributed by atoms with Gasteiger partial charge in [-0.15, -0.1) is 0 Å². The average molecular weight is 603 g/mol. The number of aromatic nitrogens is 2. The Morgan fingerprint density at radius 3 is 2.30 bits per heavy atom. The molecule has 1 aromatic heterocycles. The van der Waals surface area contributed by atoms with Crippen molar-refractivity contribution < 1.29 is 22.3 Å². The highest BCUT2D eigenvalue weighted by molar-refractivity contribution is 7.85. The quantitative estimate of drug-likeness (QED) is 0.263. The van der Waals surface area contributed by atoms with Gasteiger partial charge in [0.15, 0.2) is 5.82 Å². The van der Waals surface area contributed by atoms with Crippen LogP contribution < -0.4 is 4.90 Å². The van der Waals surface area contributed by atoms with Crippen molar-refractivity contribution in [1.29, 1.82) is 0 Å². The third-order valence-corrected chi connectivity index (χ3v) is 7.88. The predicted octanol–water partition coefficient (Wildman–Crippen LogP) is 5.49. The Balaban J connectivity index is 0.000000324. The van der Waals surface area contributed by atoms with Crippen molar-refractivity contribution in [2.45, 2.75) is 38.0 Å². The number of hydrogen-bond acceptors (Lipinski definition) is 7. The van der Waals surface area contributed by atoms with E-state index in [1.165, 1.54) is 23.3 Å². The van der Waals surface area contributed by atoms with E-state index in [9.17, 15) is 13.2 Å². The molecule has 0 saturated heterocycles. The van der Waals surface area contributed by atoms with Crippen molar-refractivity contribution in [2.75, 3.05) is 32.1 Å². The van der Waals surface area contributed by atoms with E-state index in [0.717, 1.165) is 36.3 Å². The van der Waals surface area contributed by atoms with Crippen LogP contribution in [0.5, 0.6) is 0 Å². The van der Waals surface area contributed by atoms with Gasteiger partial charge in [0.2, 0.25) is 11.8 Å². The first-order chi connectivity index (χ1) is 20.5. The van der Waals surface area contributed by atoms with Gasteiger partial charge in [-0.25, -0.2) is 0 Å². The summed E-state index contributed by atoms with van der Waals surface area (Å²) in [7, 11) is 0.133. The molecule has 1 N–H and O–H groups in total. The molecule has 43 heavy (non-hydrogen) atoms. The minimum absolute atomic E-state index is 0.0666.